The minimum absolute atomic E-state index is 0.0155. The monoisotopic (exact) mass is 520 g/mol. The molecule has 1 amide bonds. The Hall–Kier alpha value is -2.85. The van der Waals surface area contributed by atoms with Crippen LogP contribution in [0.25, 0.3) is 0 Å². The molecule has 0 spiro atoms. The number of benzene rings is 1. The lowest BCUT2D eigenvalue weighted by atomic mass is 9.95. The van der Waals surface area contributed by atoms with Crippen molar-refractivity contribution < 1.29 is 27.8 Å². The number of fused-ring (bicyclic) bond motifs is 1. The van der Waals surface area contributed by atoms with Gasteiger partial charge in [-0.15, -0.1) is 0 Å². The Bertz CT molecular complexity index is 1050. The lowest BCUT2D eigenvalue weighted by Crippen LogP contribution is -2.41. The molecule has 2 aliphatic heterocycles. The average Bonchev–Trinajstić information content (AvgIpc) is 2.86. The summed E-state index contributed by atoms with van der Waals surface area (Å²) in [6, 6.07) is 8.30. The molecule has 2 aromatic rings. The number of β-amino-alcohol motifs (C(OH)–C–C–N with tert-alkyl or cyclic N) is 1. The summed E-state index contributed by atoms with van der Waals surface area (Å²) in [5.41, 5.74) is 1.24. The number of ether oxygens (including phenoxy) is 1. The predicted molar refractivity (Wildman–Crippen MR) is 134 cm³/mol. The van der Waals surface area contributed by atoms with Gasteiger partial charge in [-0.1, -0.05) is 6.07 Å². The molecule has 37 heavy (non-hydrogen) atoms. The third-order valence-electron chi connectivity index (χ3n) is 6.89. The van der Waals surface area contributed by atoms with Gasteiger partial charge in [0.15, 0.2) is 0 Å². The molecule has 1 aromatic carbocycles. The van der Waals surface area contributed by atoms with Gasteiger partial charge in [-0.3, -0.25) is 9.69 Å². The number of aliphatic hydroxyl groups is 1. The van der Waals surface area contributed by atoms with Gasteiger partial charge < -0.3 is 20.1 Å². The van der Waals surface area contributed by atoms with Crippen LogP contribution in [-0.2, 0) is 17.5 Å². The van der Waals surface area contributed by atoms with E-state index in [0.29, 0.717) is 44.8 Å². The van der Waals surface area contributed by atoms with Crippen molar-refractivity contribution in [3.63, 3.8) is 0 Å². The van der Waals surface area contributed by atoms with Crippen LogP contribution in [0.15, 0.2) is 36.5 Å². The van der Waals surface area contributed by atoms with Crippen molar-refractivity contribution in [2.75, 3.05) is 37.6 Å². The molecule has 1 fully saturated rings. The highest BCUT2D eigenvalue weighted by Gasteiger charge is 2.31. The van der Waals surface area contributed by atoms with Crippen LogP contribution in [-0.4, -0.2) is 59.7 Å². The fraction of sp³-hybridized carbons (Fsp3) is 0.556. The Balaban J connectivity index is 1.17. The van der Waals surface area contributed by atoms with Crippen LogP contribution < -0.4 is 15.0 Å². The number of hydrogen-bond acceptors (Lipinski definition) is 6. The topological polar surface area (TPSA) is 77.9 Å². The third kappa shape index (κ3) is 7.13. The summed E-state index contributed by atoms with van der Waals surface area (Å²) in [7, 11) is 0. The van der Waals surface area contributed by atoms with Gasteiger partial charge in [0.1, 0.15) is 11.6 Å². The van der Waals surface area contributed by atoms with Gasteiger partial charge in [0.05, 0.1) is 17.8 Å². The molecule has 1 saturated heterocycles. The summed E-state index contributed by atoms with van der Waals surface area (Å²) in [6.45, 7) is 7.71. The van der Waals surface area contributed by atoms with E-state index < -0.39 is 17.8 Å². The number of carbonyl (C=O) groups is 1. The van der Waals surface area contributed by atoms with Crippen LogP contribution in [0.5, 0.6) is 5.75 Å². The molecule has 4 rings (SSSR count). The van der Waals surface area contributed by atoms with Crippen LogP contribution in [0.4, 0.5) is 19.0 Å². The minimum Gasteiger partial charge on any atom is -0.491 e. The summed E-state index contributed by atoms with van der Waals surface area (Å²) < 4.78 is 44.0. The number of aliphatic hydroxyl groups excluding tert-OH is 1. The number of amides is 1. The van der Waals surface area contributed by atoms with Crippen molar-refractivity contribution in [3.8, 4) is 5.75 Å². The normalized spacial score (nSPS) is 19.1. The predicted octanol–water partition coefficient (Wildman–Crippen LogP) is 4.16. The molecule has 3 heterocycles. The van der Waals surface area contributed by atoms with Gasteiger partial charge in [0.25, 0.3) is 0 Å². The summed E-state index contributed by atoms with van der Waals surface area (Å²) in [4.78, 5) is 20.7. The van der Waals surface area contributed by atoms with Gasteiger partial charge >= 0.3 is 6.18 Å². The highest BCUT2D eigenvalue weighted by molar-refractivity contribution is 5.78. The first-order valence-electron chi connectivity index (χ1n) is 12.9. The fourth-order valence-corrected chi connectivity index (χ4v) is 4.96. The number of hydrogen-bond donors (Lipinski definition) is 2. The number of piperidine rings is 1. The molecule has 7 nitrogen and oxygen atoms in total. The second kappa shape index (κ2) is 11.7. The lowest BCUT2D eigenvalue weighted by molar-refractivity contribution is -0.137. The van der Waals surface area contributed by atoms with Crippen LogP contribution in [0.3, 0.4) is 0 Å². The fourth-order valence-electron chi connectivity index (χ4n) is 4.96. The molecular weight excluding hydrogens is 485 g/mol. The second-order valence-corrected chi connectivity index (χ2v) is 10.1. The maximum Gasteiger partial charge on any atom is 0.417 e. The first kappa shape index (κ1) is 27.2. The van der Waals surface area contributed by atoms with Gasteiger partial charge in [-0.05, 0) is 68.5 Å². The van der Waals surface area contributed by atoms with E-state index in [9.17, 15) is 23.1 Å². The summed E-state index contributed by atoms with van der Waals surface area (Å²) >= 11 is 0. The molecular formula is C27H35F3N4O3. The van der Waals surface area contributed by atoms with Crippen LogP contribution in [0.1, 0.15) is 55.9 Å². The zero-order valence-corrected chi connectivity index (χ0v) is 21.3. The smallest absolute Gasteiger partial charge is 0.417 e. The van der Waals surface area contributed by atoms with Crippen molar-refractivity contribution in [3.05, 3.63) is 53.2 Å². The average molecular weight is 521 g/mol. The lowest BCUT2D eigenvalue weighted by Gasteiger charge is -2.33. The van der Waals surface area contributed by atoms with Gasteiger partial charge in [-0.2, -0.15) is 13.2 Å². The molecule has 0 saturated carbocycles. The van der Waals surface area contributed by atoms with E-state index in [1.165, 1.54) is 6.07 Å². The number of halogens is 3. The second-order valence-electron chi connectivity index (χ2n) is 10.1. The summed E-state index contributed by atoms with van der Waals surface area (Å²) in [5.74, 6) is 1.17. The van der Waals surface area contributed by atoms with Crippen molar-refractivity contribution in [1.29, 1.82) is 0 Å². The number of anilines is 1. The van der Waals surface area contributed by atoms with E-state index in [1.54, 1.807) is 0 Å². The minimum atomic E-state index is -4.40. The van der Waals surface area contributed by atoms with E-state index >= 15 is 0 Å². The van der Waals surface area contributed by atoms with Crippen molar-refractivity contribution in [2.24, 2.45) is 5.92 Å². The van der Waals surface area contributed by atoms with E-state index in [-0.39, 0.29) is 17.9 Å². The third-order valence-corrected chi connectivity index (χ3v) is 6.89. The van der Waals surface area contributed by atoms with Crippen molar-refractivity contribution in [2.45, 2.75) is 58.0 Å². The maximum absolute atomic E-state index is 12.7. The molecule has 202 valence electrons. The van der Waals surface area contributed by atoms with Crippen molar-refractivity contribution in [1.82, 2.24) is 15.2 Å². The summed E-state index contributed by atoms with van der Waals surface area (Å²) in [6.07, 6.45) is -2.00. The SMILES string of the molecule is CC(C)Oc1ccc2c(c1)C(O)CN(CCCNC(=O)C1CCN(c3ccc(C(F)(F)F)cn3)CC1)C2. The Morgan fingerprint density at radius 2 is 1.97 bits per heavy atom. The maximum atomic E-state index is 12.7. The summed E-state index contributed by atoms with van der Waals surface area (Å²) in [5, 5.41) is 13.7. The number of nitrogens with zero attached hydrogens (tertiary/aromatic N) is 3. The largest absolute Gasteiger partial charge is 0.491 e. The quantitative estimate of drug-likeness (QED) is 0.509. The van der Waals surface area contributed by atoms with Crippen LogP contribution in [0.2, 0.25) is 0 Å². The molecule has 0 bridgehead atoms. The van der Waals surface area contributed by atoms with Gasteiger partial charge in [0.2, 0.25) is 5.91 Å². The van der Waals surface area contributed by atoms with Crippen LogP contribution in [0, 0.1) is 5.92 Å². The highest BCUT2D eigenvalue weighted by atomic mass is 19.4. The Labute approximate surface area is 215 Å². The van der Waals surface area contributed by atoms with Crippen molar-refractivity contribution >= 4 is 11.7 Å². The van der Waals surface area contributed by atoms with Gasteiger partial charge in [-0.25, -0.2) is 4.98 Å². The first-order chi connectivity index (χ1) is 17.6. The Kier molecular flexibility index (Phi) is 8.59. The zero-order valence-electron chi connectivity index (χ0n) is 21.3. The number of aromatic nitrogens is 1. The Morgan fingerprint density at radius 1 is 1.22 bits per heavy atom. The molecule has 2 aliphatic rings. The van der Waals surface area contributed by atoms with E-state index in [0.717, 1.165) is 48.6 Å². The Morgan fingerprint density at radius 3 is 2.62 bits per heavy atom. The standard InChI is InChI=1S/C27H35F3N4O3/c1-18(2)37-22-6-4-20-16-33(17-24(35)23(20)14-22)11-3-10-31-26(36)19-8-12-34(13-9-19)25-7-5-21(15-32-25)27(28,29)30/h4-7,14-15,18-19,24,35H,3,8-13,16-17H2,1-2H3,(H,31,36). The zero-order chi connectivity index (χ0) is 26.6. The van der Waals surface area contributed by atoms with Crippen LogP contribution >= 0.6 is 0 Å². The molecule has 0 aliphatic carbocycles. The molecule has 1 aromatic heterocycles. The number of pyridine rings is 1. The number of carbonyl (C=O) groups excluding carboxylic acids is 1. The first-order valence-corrected chi connectivity index (χ1v) is 12.9. The number of alkyl halides is 3. The molecule has 1 unspecified atom stereocenters. The molecule has 10 heteroatoms. The van der Waals surface area contributed by atoms with E-state index in [2.05, 4.69) is 15.2 Å². The number of rotatable bonds is 8. The molecule has 0 radical (unpaired) electrons. The van der Waals surface area contributed by atoms with E-state index in [1.807, 2.05) is 36.9 Å². The number of nitrogens with one attached hydrogen (secondary N) is 1. The van der Waals surface area contributed by atoms with E-state index in [4.69, 9.17) is 4.74 Å². The van der Waals surface area contributed by atoms with Gasteiger partial charge in [0, 0.05) is 51.4 Å². The highest BCUT2D eigenvalue weighted by Crippen LogP contribution is 2.31. The molecule has 1 atom stereocenters. The molecule has 2 N–H and O–H groups in total.